The maximum absolute atomic E-state index is 11.0. The van der Waals surface area contributed by atoms with E-state index in [4.69, 9.17) is 0 Å². The maximum Gasteiger partial charge on any atom is 0.330 e. The number of para-hydroxylation sites is 1. The number of aliphatic hydroxyl groups excluding tert-OH is 1. The van der Waals surface area contributed by atoms with Crippen molar-refractivity contribution in [3.8, 4) is 0 Å². The first-order valence-electron chi connectivity index (χ1n) is 5.99. The van der Waals surface area contributed by atoms with Gasteiger partial charge >= 0.3 is 5.97 Å². The molecule has 0 aliphatic carbocycles. The molecule has 0 saturated carbocycles. The van der Waals surface area contributed by atoms with Gasteiger partial charge in [-0.3, -0.25) is 10.1 Å². The summed E-state index contributed by atoms with van der Waals surface area (Å²) in [7, 11) is 0. The van der Waals surface area contributed by atoms with Crippen LogP contribution < -0.4 is 0 Å². The van der Waals surface area contributed by atoms with Crippen LogP contribution in [0.1, 0.15) is 18.6 Å². The molecule has 0 radical (unpaired) electrons. The van der Waals surface area contributed by atoms with Gasteiger partial charge in [0.25, 0.3) is 5.69 Å². The lowest BCUT2D eigenvalue weighted by Crippen LogP contribution is -2.00. The Hall–Kier alpha value is -2.47. The lowest BCUT2D eigenvalue weighted by molar-refractivity contribution is -0.386. The van der Waals surface area contributed by atoms with Gasteiger partial charge in [-0.25, -0.2) is 4.79 Å². The molecule has 0 heterocycles. The Morgan fingerprint density at radius 1 is 1.45 bits per heavy atom. The summed E-state index contributed by atoms with van der Waals surface area (Å²) >= 11 is 0. The second-order valence-electron chi connectivity index (χ2n) is 3.76. The van der Waals surface area contributed by atoms with E-state index in [-0.39, 0.29) is 17.9 Å². The number of rotatable bonds is 6. The average molecular weight is 277 g/mol. The standard InChI is InChI=1S/C14H15NO5/c1-2-20-14(17)10-6-5-9-13(16)11-7-3-4-8-12(11)15(18)19/h3-10,13,16H,2H2,1H3/b9-5+,10-6+. The van der Waals surface area contributed by atoms with Crippen LogP contribution >= 0.6 is 0 Å². The molecule has 1 aromatic carbocycles. The SMILES string of the molecule is CCOC(=O)/C=C/C=C/C(O)c1ccccc1[N+](=O)[O-]. The van der Waals surface area contributed by atoms with Crippen molar-refractivity contribution in [1.82, 2.24) is 0 Å². The summed E-state index contributed by atoms with van der Waals surface area (Å²) in [5.41, 5.74) is 0.0392. The Bertz CT molecular complexity index is 536. The van der Waals surface area contributed by atoms with Crippen LogP contribution in [0.25, 0.3) is 0 Å². The normalized spacial score (nSPS) is 12.7. The van der Waals surface area contributed by atoms with Gasteiger partial charge in [-0.1, -0.05) is 30.4 Å². The Balaban J connectivity index is 2.74. The number of allylic oxidation sites excluding steroid dienone is 2. The van der Waals surface area contributed by atoms with Crippen LogP contribution in [0.2, 0.25) is 0 Å². The number of benzene rings is 1. The quantitative estimate of drug-likeness (QED) is 0.283. The summed E-state index contributed by atoms with van der Waals surface area (Å²) in [5, 5.41) is 20.7. The molecule has 6 nitrogen and oxygen atoms in total. The monoisotopic (exact) mass is 277 g/mol. The molecule has 106 valence electrons. The largest absolute Gasteiger partial charge is 0.463 e. The molecule has 1 atom stereocenters. The third-order valence-electron chi connectivity index (χ3n) is 2.38. The van der Waals surface area contributed by atoms with E-state index in [1.807, 2.05) is 0 Å². The van der Waals surface area contributed by atoms with Gasteiger partial charge in [0.05, 0.1) is 17.1 Å². The van der Waals surface area contributed by atoms with Gasteiger partial charge in [0.1, 0.15) is 6.10 Å². The van der Waals surface area contributed by atoms with Crippen LogP contribution in [0.5, 0.6) is 0 Å². The van der Waals surface area contributed by atoms with E-state index in [0.29, 0.717) is 0 Å². The first kappa shape index (κ1) is 15.6. The molecule has 0 aromatic heterocycles. The second kappa shape index (κ2) is 7.85. The molecule has 0 aliphatic rings. The van der Waals surface area contributed by atoms with Crippen molar-refractivity contribution < 1.29 is 19.6 Å². The van der Waals surface area contributed by atoms with Crippen molar-refractivity contribution >= 4 is 11.7 Å². The van der Waals surface area contributed by atoms with E-state index in [1.54, 1.807) is 13.0 Å². The molecule has 1 unspecified atom stereocenters. The van der Waals surface area contributed by atoms with Gasteiger partial charge in [-0.15, -0.1) is 0 Å². The summed E-state index contributed by atoms with van der Waals surface area (Å²) in [6.45, 7) is 1.98. The van der Waals surface area contributed by atoms with Crippen LogP contribution in [-0.2, 0) is 9.53 Å². The molecule has 0 spiro atoms. The number of nitro benzene ring substituents is 1. The molecule has 20 heavy (non-hydrogen) atoms. The van der Waals surface area contributed by atoms with Crippen molar-refractivity contribution in [2.24, 2.45) is 0 Å². The van der Waals surface area contributed by atoms with Gasteiger partial charge in [0.2, 0.25) is 0 Å². The summed E-state index contributed by atoms with van der Waals surface area (Å²) in [6.07, 6.45) is 4.25. The molecule has 1 aromatic rings. The van der Waals surface area contributed by atoms with Crippen LogP contribution in [0.15, 0.2) is 48.6 Å². The molecule has 0 bridgehead atoms. The number of aliphatic hydroxyl groups is 1. The van der Waals surface area contributed by atoms with Crippen molar-refractivity contribution in [2.75, 3.05) is 6.61 Å². The minimum absolute atomic E-state index is 0.154. The fourth-order valence-corrected chi connectivity index (χ4v) is 1.50. The first-order valence-corrected chi connectivity index (χ1v) is 5.99. The number of carbonyl (C=O) groups is 1. The summed E-state index contributed by atoms with van der Waals surface area (Å²) in [6, 6.07) is 5.93. The van der Waals surface area contributed by atoms with E-state index in [1.165, 1.54) is 42.5 Å². The molecule has 1 rings (SSSR count). The number of ether oxygens (including phenoxy) is 1. The molecule has 1 N–H and O–H groups in total. The van der Waals surface area contributed by atoms with Gasteiger partial charge in [-0.2, -0.15) is 0 Å². The predicted octanol–water partition coefficient (Wildman–Crippen LogP) is 2.30. The minimum Gasteiger partial charge on any atom is -0.463 e. The zero-order valence-corrected chi connectivity index (χ0v) is 10.9. The smallest absolute Gasteiger partial charge is 0.330 e. The Labute approximate surface area is 116 Å². The summed E-state index contributed by atoms with van der Waals surface area (Å²) < 4.78 is 4.67. The van der Waals surface area contributed by atoms with Crippen LogP contribution in [-0.4, -0.2) is 22.6 Å². The number of nitro groups is 1. The van der Waals surface area contributed by atoms with E-state index < -0.39 is 17.0 Å². The number of hydrogen-bond donors (Lipinski definition) is 1. The number of esters is 1. The molecule has 0 aliphatic heterocycles. The van der Waals surface area contributed by atoms with E-state index in [9.17, 15) is 20.0 Å². The van der Waals surface area contributed by atoms with Gasteiger partial charge in [0, 0.05) is 12.1 Å². The first-order chi connectivity index (χ1) is 9.56. The van der Waals surface area contributed by atoms with Gasteiger partial charge in [-0.05, 0) is 13.0 Å². The molecule has 0 amide bonds. The highest BCUT2D eigenvalue weighted by Gasteiger charge is 2.17. The average Bonchev–Trinajstić information content (AvgIpc) is 2.43. The molecule has 0 saturated heterocycles. The van der Waals surface area contributed by atoms with E-state index in [0.717, 1.165) is 0 Å². The van der Waals surface area contributed by atoms with Gasteiger partial charge in [0.15, 0.2) is 0 Å². The minimum atomic E-state index is -1.12. The zero-order chi connectivity index (χ0) is 15.0. The summed E-state index contributed by atoms with van der Waals surface area (Å²) in [5.74, 6) is -0.489. The number of carbonyl (C=O) groups excluding carboxylic acids is 1. The molecule has 6 heteroatoms. The fraction of sp³-hybridized carbons (Fsp3) is 0.214. The highest BCUT2D eigenvalue weighted by Crippen LogP contribution is 2.25. The Kier molecular flexibility index (Phi) is 6.12. The van der Waals surface area contributed by atoms with Crippen molar-refractivity contribution in [3.63, 3.8) is 0 Å². The zero-order valence-electron chi connectivity index (χ0n) is 10.9. The number of hydrogen-bond acceptors (Lipinski definition) is 5. The van der Waals surface area contributed by atoms with Crippen LogP contribution in [0.3, 0.4) is 0 Å². The predicted molar refractivity (Wildman–Crippen MR) is 73.0 cm³/mol. The van der Waals surface area contributed by atoms with E-state index in [2.05, 4.69) is 4.74 Å². The van der Waals surface area contributed by atoms with Crippen molar-refractivity contribution in [3.05, 3.63) is 64.2 Å². The third kappa shape index (κ3) is 4.66. The van der Waals surface area contributed by atoms with Gasteiger partial charge < -0.3 is 9.84 Å². The topological polar surface area (TPSA) is 89.7 Å². The lowest BCUT2D eigenvalue weighted by Gasteiger charge is -2.05. The highest BCUT2D eigenvalue weighted by molar-refractivity contribution is 5.82. The molecular weight excluding hydrogens is 262 g/mol. The van der Waals surface area contributed by atoms with Crippen molar-refractivity contribution in [2.45, 2.75) is 13.0 Å². The highest BCUT2D eigenvalue weighted by atomic mass is 16.6. The molecular formula is C14H15NO5. The maximum atomic E-state index is 11.0. The lowest BCUT2D eigenvalue weighted by atomic mass is 10.1. The third-order valence-corrected chi connectivity index (χ3v) is 2.38. The summed E-state index contributed by atoms with van der Waals surface area (Å²) in [4.78, 5) is 21.3. The fourth-order valence-electron chi connectivity index (χ4n) is 1.50. The molecule has 0 fully saturated rings. The second-order valence-corrected chi connectivity index (χ2v) is 3.76. The van der Waals surface area contributed by atoms with Crippen molar-refractivity contribution in [1.29, 1.82) is 0 Å². The Morgan fingerprint density at radius 2 is 2.15 bits per heavy atom. The van der Waals surface area contributed by atoms with Crippen LogP contribution in [0, 0.1) is 10.1 Å². The number of nitrogens with zero attached hydrogens (tertiary/aromatic N) is 1. The van der Waals surface area contributed by atoms with E-state index >= 15 is 0 Å². The van der Waals surface area contributed by atoms with Crippen LogP contribution in [0.4, 0.5) is 5.69 Å². The Morgan fingerprint density at radius 3 is 2.80 bits per heavy atom.